The monoisotopic (exact) mass is 365 g/mol. The van der Waals surface area contributed by atoms with Gasteiger partial charge < -0.3 is 10.6 Å². The number of nitrogens with one attached hydrogen (secondary N) is 2. The molecule has 27 heavy (non-hydrogen) atoms. The van der Waals surface area contributed by atoms with Crippen molar-refractivity contribution in [3.8, 4) is 0 Å². The van der Waals surface area contributed by atoms with Gasteiger partial charge in [-0.1, -0.05) is 48.0 Å². The van der Waals surface area contributed by atoms with Gasteiger partial charge in [0.15, 0.2) is 0 Å². The van der Waals surface area contributed by atoms with Crippen LogP contribution in [-0.2, 0) is 16.0 Å². The van der Waals surface area contributed by atoms with Crippen molar-refractivity contribution in [2.24, 2.45) is 0 Å². The fraction of sp³-hybridized carbons (Fsp3) is 0.364. The molecule has 1 fully saturated rings. The Morgan fingerprint density at radius 2 is 1.63 bits per heavy atom. The average Bonchev–Trinajstić information content (AvgIpc) is 2.66. The summed E-state index contributed by atoms with van der Waals surface area (Å²) in [6.45, 7) is 4.06. The minimum absolute atomic E-state index is 0.00283. The van der Waals surface area contributed by atoms with Gasteiger partial charge in [0.1, 0.15) is 0 Å². The predicted molar refractivity (Wildman–Crippen MR) is 108 cm³/mol. The molecular weight excluding hydrogens is 338 g/mol. The first-order valence-corrected chi connectivity index (χ1v) is 9.50. The molecule has 2 amide bonds. The Bertz CT molecular complexity index is 751. The van der Waals surface area contributed by atoms with Crippen LogP contribution in [0.1, 0.15) is 24.0 Å². The van der Waals surface area contributed by atoms with Crippen LogP contribution in [0.15, 0.2) is 54.6 Å². The van der Waals surface area contributed by atoms with Gasteiger partial charge >= 0.3 is 0 Å². The molecule has 2 N–H and O–H groups in total. The van der Waals surface area contributed by atoms with E-state index in [-0.39, 0.29) is 17.9 Å². The van der Waals surface area contributed by atoms with E-state index in [1.165, 1.54) is 5.56 Å². The second kappa shape index (κ2) is 9.33. The summed E-state index contributed by atoms with van der Waals surface area (Å²) >= 11 is 0. The van der Waals surface area contributed by atoms with Crippen LogP contribution in [0.25, 0.3) is 0 Å². The highest BCUT2D eigenvalue weighted by Crippen LogP contribution is 2.12. The SMILES string of the molecule is Cc1ccc(CC(=O)NC2CCN(CC(=O)Nc3ccccc3)CC2)cc1. The minimum Gasteiger partial charge on any atom is -0.353 e. The van der Waals surface area contributed by atoms with Crippen LogP contribution in [0, 0.1) is 6.92 Å². The van der Waals surface area contributed by atoms with Gasteiger partial charge in [-0.15, -0.1) is 0 Å². The Morgan fingerprint density at radius 1 is 0.963 bits per heavy atom. The first kappa shape index (κ1) is 19.1. The molecule has 5 heteroatoms. The lowest BCUT2D eigenvalue weighted by molar-refractivity contribution is -0.122. The van der Waals surface area contributed by atoms with E-state index in [1.807, 2.05) is 61.5 Å². The van der Waals surface area contributed by atoms with Gasteiger partial charge in [-0.3, -0.25) is 14.5 Å². The third-order valence-corrected chi connectivity index (χ3v) is 4.86. The van der Waals surface area contributed by atoms with Gasteiger partial charge in [0.2, 0.25) is 11.8 Å². The van der Waals surface area contributed by atoms with Gasteiger partial charge in [-0.25, -0.2) is 0 Å². The number of nitrogens with zero attached hydrogens (tertiary/aromatic N) is 1. The molecule has 1 heterocycles. The van der Waals surface area contributed by atoms with Gasteiger partial charge in [0.05, 0.1) is 13.0 Å². The van der Waals surface area contributed by atoms with Crippen LogP contribution < -0.4 is 10.6 Å². The molecule has 0 atom stereocenters. The number of benzene rings is 2. The number of anilines is 1. The predicted octanol–water partition coefficient (Wildman–Crippen LogP) is 2.76. The van der Waals surface area contributed by atoms with E-state index in [4.69, 9.17) is 0 Å². The molecule has 0 aliphatic carbocycles. The van der Waals surface area contributed by atoms with Gasteiger partial charge in [0, 0.05) is 24.8 Å². The highest BCUT2D eigenvalue weighted by atomic mass is 16.2. The van der Waals surface area contributed by atoms with Crippen molar-refractivity contribution >= 4 is 17.5 Å². The molecule has 0 aromatic heterocycles. The van der Waals surface area contributed by atoms with E-state index in [2.05, 4.69) is 15.5 Å². The Kier molecular flexibility index (Phi) is 6.60. The van der Waals surface area contributed by atoms with E-state index in [1.54, 1.807) is 0 Å². The zero-order valence-electron chi connectivity index (χ0n) is 15.8. The van der Waals surface area contributed by atoms with Crippen LogP contribution in [0.5, 0.6) is 0 Å². The van der Waals surface area contributed by atoms with Gasteiger partial charge in [0.25, 0.3) is 0 Å². The summed E-state index contributed by atoms with van der Waals surface area (Å²) < 4.78 is 0. The van der Waals surface area contributed by atoms with Crippen molar-refractivity contribution in [2.75, 3.05) is 25.0 Å². The Morgan fingerprint density at radius 3 is 2.30 bits per heavy atom. The molecule has 5 nitrogen and oxygen atoms in total. The van der Waals surface area contributed by atoms with Crippen LogP contribution in [0.4, 0.5) is 5.69 Å². The number of hydrogen-bond acceptors (Lipinski definition) is 3. The number of amides is 2. The molecule has 3 rings (SSSR count). The summed E-state index contributed by atoms with van der Waals surface area (Å²) in [6, 6.07) is 17.8. The molecule has 0 unspecified atom stereocenters. The van der Waals surface area contributed by atoms with Gasteiger partial charge in [-0.05, 0) is 37.5 Å². The maximum Gasteiger partial charge on any atom is 0.238 e. The normalized spacial score (nSPS) is 15.3. The number of hydrogen-bond donors (Lipinski definition) is 2. The number of carbonyl (C=O) groups is 2. The molecule has 1 aliphatic rings. The Balaban J connectivity index is 1.37. The van der Waals surface area contributed by atoms with E-state index < -0.39 is 0 Å². The van der Waals surface area contributed by atoms with Crippen LogP contribution in [-0.4, -0.2) is 42.4 Å². The summed E-state index contributed by atoms with van der Waals surface area (Å²) in [5.41, 5.74) is 3.05. The lowest BCUT2D eigenvalue weighted by Crippen LogP contribution is -2.46. The standard InChI is InChI=1S/C22H27N3O2/c1-17-7-9-18(10-8-17)15-21(26)23-20-11-13-25(14-12-20)16-22(27)24-19-5-3-2-4-6-19/h2-10,20H,11-16H2,1H3,(H,23,26)(H,24,27). The average molecular weight is 365 g/mol. The maximum absolute atomic E-state index is 12.2. The Hall–Kier alpha value is -2.66. The number of rotatable bonds is 6. The van der Waals surface area contributed by atoms with Crippen LogP contribution in [0.2, 0.25) is 0 Å². The second-order valence-electron chi connectivity index (χ2n) is 7.19. The lowest BCUT2D eigenvalue weighted by Gasteiger charge is -2.31. The summed E-state index contributed by atoms with van der Waals surface area (Å²) in [7, 11) is 0. The molecule has 0 radical (unpaired) electrons. The molecule has 2 aromatic carbocycles. The Labute approximate surface area is 160 Å². The number of carbonyl (C=O) groups excluding carboxylic acids is 2. The molecule has 2 aromatic rings. The van der Waals surface area contributed by atoms with Gasteiger partial charge in [-0.2, -0.15) is 0 Å². The third kappa shape index (κ3) is 6.22. The number of para-hydroxylation sites is 1. The van der Waals surface area contributed by atoms with Crippen LogP contribution >= 0.6 is 0 Å². The number of likely N-dealkylation sites (tertiary alicyclic amines) is 1. The van der Waals surface area contributed by atoms with Crippen LogP contribution in [0.3, 0.4) is 0 Å². The summed E-state index contributed by atoms with van der Waals surface area (Å²) in [6.07, 6.45) is 2.16. The van der Waals surface area contributed by atoms with Crippen molar-refractivity contribution in [1.82, 2.24) is 10.2 Å². The maximum atomic E-state index is 12.2. The van der Waals surface area contributed by atoms with E-state index in [0.29, 0.717) is 13.0 Å². The van der Waals surface area contributed by atoms with Crippen molar-refractivity contribution in [3.05, 3.63) is 65.7 Å². The smallest absolute Gasteiger partial charge is 0.238 e. The molecule has 0 bridgehead atoms. The molecule has 1 saturated heterocycles. The number of aryl methyl sites for hydroxylation is 1. The zero-order valence-corrected chi connectivity index (χ0v) is 15.8. The van der Waals surface area contributed by atoms with E-state index in [9.17, 15) is 9.59 Å². The van der Waals surface area contributed by atoms with Crippen molar-refractivity contribution in [1.29, 1.82) is 0 Å². The first-order chi connectivity index (χ1) is 13.1. The summed E-state index contributed by atoms with van der Waals surface area (Å²) in [4.78, 5) is 26.5. The van der Waals surface area contributed by atoms with Crippen molar-refractivity contribution in [2.45, 2.75) is 32.2 Å². The fourth-order valence-corrected chi connectivity index (χ4v) is 3.33. The van der Waals surface area contributed by atoms with E-state index >= 15 is 0 Å². The third-order valence-electron chi connectivity index (χ3n) is 4.86. The lowest BCUT2D eigenvalue weighted by atomic mass is 10.0. The second-order valence-corrected chi connectivity index (χ2v) is 7.19. The van der Waals surface area contributed by atoms with Crippen molar-refractivity contribution in [3.63, 3.8) is 0 Å². The molecule has 142 valence electrons. The molecular formula is C22H27N3O2. The summed E-state index contributed by atoms with van der Waals surface area (Å²) in [5, 5.41) is 6.04. The molecule has 0 spiro atoms. The minimum atomic E-state index is 0.00283. The highest BCUT2D eigenvalue weighted by molar-refractivity contribution is 5.92. The quantitative estimate of drug-likeness (QED) is 0.827. The molecule has 1 aliphatic heterocycles. The molecule has 0 saturated carbocycles. The number of piperidine rings is 1. The summed E-state index contributed by atoms with van der Waals surface area (Å²) in [5.74, 6) is 0.0715. The zero-order chi connectivity index (χ0) is 19.1. The largest absolute Gasteiger partial charge is 0.353 e. The topological polar surface area (TPSA) is 61.4 Å². The fourth-order valence-electron chi connectivity index (χ4n) is 3.33. The highest BCUT2D eigenvalue weighted by Gasteiger charge is 2.22. The van der Waals surface area contributed by atoms with E-state index in [0.717, 1.165) is 37.2 Å². The first-order valence-electron chi connectivity index (χ1n) is 9.50. The van der Waals surface area contributed by atoms with Crippen molar-refractivity contribution < 1.29 is 9.59 Å².